The SMILES string of the molecule is CC(=O)n1cc(C(=O)Nc2cc(C(=O)O)ccc2NC2CCCCCC2)c2ccccc21. The Morgan fingerprint density at radius 3 is 2.38 bits per heavy atom. The molecular weight excluding hydrogens is 406 g/mol. The summed E-state index contributed by atoms with van der Waals surface area (Å²) in [6, 6.07) is 12.2. The molecular formula is C25H27N3O4. The zero-order chi connectivity index (χ0) is 22.7. The van der Waals surface area contributed by atoms with Crippen molar-refractivity contribution in [2.75, 3.05) is 10.6 Å². The number of para-hydroxylation sites is 1. The van der Waals surface area contributed by atoms with E-state index in [-0.39, 0.29) is 17.5 Å². The summed E-state index contributed by atoms with van der Waals surface area (Å²) in [7, 11) is 0. The van der Waals surface area contributed by atoms with E-state index in [0.29, 0.717) is 27.8 Å². The molecule has 3 N–H and O–H groups in total. The minimum atomic E-state index is -1.06. The number of nitrogens with zero attached hydrogens (tertiary/aromatic N) is 1. The first-order valence-electron chi connectivity index (χ1n) is 11.0. The largest absolute Gasteiger partial charge is 0.478 e. The van der Waals surface area contributed by atoms with Gasteiger partial charge in [-0.15, -0.1) is 0 Å². The Bertz CT molecular complexity index is 1170. The third kappa shape index (κ3) is 4.51. The van der Waals surface area contributed by atoms with Crippen LogP contribution in [0.4, 0.5) is 11.4 Å². The Balaban J connectivity index is 1.67. The summed E-state index contributed by atoms with van der Waals surface area (Å²) in [5, 5.41) is 16.5. The maximum Gasteiger partial charge on any atom is 0.335 e. The smallest absolute Gasteiger partial charge is 0.335 e. The second-order valence-corrected chi connectivity index (χ2v) is 8.30. The van der Waals surface area contributed by atoms with E-state index in [4.69, 9.17) is 0 Å². The Hall–Kier alpha value is -3.61. The van der Waals surface area contributed by atoms with Crippen LogP contribution in [-0.2, 0) is 0 Å². The zero-order valence-corrected chi connectivity index (χ0v) is 18.1. The van der Waals surface area contributed by atoms with Crippen LogP contribution in [0.15, 0.2) is 48.7 Å². The number of hydrogen-bond acceptors (Lipinski definition) is 4. The van der Waals surface area contributed by atoms with Crippen molar-refractivity contribution in [2.24, 2.45) is 0 Å². The van der Waals surface area contributed by atoms with Crippen molar-refractivity contribution >= 4 is 40.1 Å². The van der Waals surface area contributed by atoms with E-state index in [0.717, 1.165) is 25.7 Å². The molecule has 0 unspecified atom stereocenters. The maximum atomic E-state index is 13.2. The molecule has 1 heterocycles. The fourth-order valence-corrected chi connectivity index (χ4v) is 4.36. The monoisotopic (exact) mass is 433 g/mol. The van der Waals surface area contributed by atoms with Crippen molar-refractivity contribution in [3.05, 3.63) is 59.8 Å². The van der Waals surface area contributed by atoms with Gasteiger partial charge in [-0.3, -0.25) is 14.2 Å². The van der Waals surface area contributed by atoms with Gasteiger partial charge in [0.25, 0.3) is 5.91 Å². The second kappa shape index (κ2) is 9.26. The molecule has 1 amide bonds. The maximum absolute atomic E-state index is 13.2. The highest BCUT2D eigenvalue weighted by Crippen LogP contribution is 2.29. The number of carbonyl (C=O) groups excluding carboxylic acids is 2. The molecule has 0 saturated heterocycles. The van der Waals surface area contributed by atoms with Crippen LogP contribution in [-0.4, -0.2) is 33.5 Å². The fourth-order valence-electron chi connectivity index (χ4n) is 4.36. The number of aromatic nitrogens is 1. The van der Waals surface area contributed by atoms with Gasteiger partial charge in [0.2, 0.25) is 5.91 Å². The highest BCUT2D eigenvalue weighted by molar-refractivity contribution is 6.15. The van der Waals surface area contributed by atoms with Crippen LogP contribution in [0, 0.1) is 0 Å². The van der Waals surface area contributed by atoms with Crippen LogP contribution in [0.25, 0.3) is 10.9 Å². The summed E-state index contributed by atoms with van der Waals surface area (Å²) >= 11 is 0. The summed E-state index contributed by atoms with van der Waals surface area (Å²) in [6.45, 7) is 1.44. The number of carbonyl (C=O) groups is 3. The lowest BCUT2D eigenvalue weighted by molar-refractivity contribution is 0.0696. The van der Waals surface area contributed by atoms with E-state index in [1.807, 2.05) is 12.1 Å². The molecule has 4 rings (SSSR count). The summed E-state index contributed by atoms with van der Waals surface area (Å²) in [5.74, 6) is -1.65. The van der Waals surface area contributed by atoms with Gasteiger partial charge in [-0.25, -0.2) is 4.79 Å². The molecule has 7 heteroatoms. The van der Waals surface area contributed by atoms with Gasteiger partial charge in [0.05, 0.1) is 28.0 Å². The Labute approximate surface area is 186 Å². The highest BCUT2D eigenvalue weighted by Gasteiger charge is 2.20. The molecule has 0 radical (unpaired) electrons. The molecule has 32 heavy (non-hydrogen) atoms. The van der Waals surface area contributed by atoms with Gasteiger partial charge in [0, 0.05) is 24.5 Å². The van der Waals surface area contributed by atoms with Crippen molar-refractivity contribution in [3.8, 4) is 0 Å². The molecule has 0 aliphatic heterocycles. The highest BCUT2D eigenvalue weighted by atomic mass is 16.4. The predicted molar refractivity (Wildman–Crippen MR) is 125 cm³/mol. The number of carboxylic acid groups (broad SMARTS) is 1. The quantitative estimate of drug-likeness (QED) is 0.469. The fraction of sp³-hybridized carbons (Fsp3) is 0.320. The topological polar surface area (TPSA) is 100 Å². The van der Waals surface area contributed by atoms with E-state index in [9.17, 15) is 19.5 Å². The van der Waals surface area contributed by atoms with E-state index < -0.39 is 11.9 Å². The van der Waals surface area contributed by atoms with Crippen LogP contribution in [0.3, 0.4) is 0 Å². The average molecular weight is 434 g/mol. The van der Waals surface area contributed by atoms with Crippen LogP contribution in [0.5, 0.6) is 0 Å². The van der Waals surface area contributed by atoms with Gasteiger partial charge < -0.3 is 15.7 Å². The average Bonchev–Trinajstić information content (AvgIpc) is 2.98. The van der Waals surface area contributed by atoms with Crippen molar-refractivity contribution in [1.29, 1.82) is 0 Å². The van der Waals surface area contributed by atoms with Crippen LogP contribution < -0.4 is 10.6 Å². The molecule has 1 saturated carbocycles. The minimum absolute atomic E-state index is 0.0953. The van der Waals surface area contributed by atoms with E-state index in [1.165, 1.54) is 36.6 Å². The van der Waals surface area contributed by atoms with E-state index >= 15 is 0 Å². The van der Waals surface area contributed by atoms with Gasteiger partial charge in [0.15, 0.2) is 0 Å². The first-order chi connectivity index (χ1) is 15.4. The summed E-state index contributed by atoms with van der Waals surface area (Å²) < 4.78 is 1.45. The van der Waals surface area contributed by atoms with Crippen molar-refractivity contribution in [1.82, 2.24) is 4.57 Å². The van der Waals surface area contributed by atoms with Gasteiger partial charge in [-0.2, -0.15) is 0 Å². The normalized spacial score (nSPS) is 14.7. The molecule has 1 aliphatic carbocycles. The third-order valence-electron chi connectivity index (χ3n) is 6.03. The molecule has 1 fully saturated rings. The van der Waals surface area contributed by atoms with E-state index in [2.05, 4.69) is 10.6 Å². The van der Waals surface area contributed by atoms with Crippen molar-refractivity contribution < 1.29 is 19.5 Å². The van der Waals surface area contributed by atoms with Gasteiger partial charge in [-0.1, -0.05) is 43.9 Å². The number of benzene rings is 2. The third-order valence-corrected chi connectivity index (χ3v) is 6.03. The Kier molecular flexibility index (Phi) is 6.25. The molecule has 1 aromatic heterocycles. The Morgan fingerprint density at radius 2 is 1.69 bits per heavy atom. The number of hydrogen-bond donors (Lipinski definition) is 3. The molecule has 3 aromatic rings. The van der Waals surface area contributed by atoms with Crippen LogP contribution in [0.1, 0.15) is 71.0 Å². The van der Waals surface area contributed by atoms with E-state index in [1.54, 1.807) is 24.3 Å². The number of amides is 1. The van der Waals surface area contributed by atoms with Gasteiger partial charge in [-0.05, 0) is 37.1 Å². The molecule has 0 atom stereocenters. The lowest BCUT2D eigenvalue weighted by atomic mass is 10.1. The second-order valence-electron chi connectivity index (χ2n) is 8.30. The molecule has 7 nitrogen and oxygen atoms in total. The molecule has 2 aromatic carbocycles. The minimum Gasteiger partial charge on any atom is -0.478 e. The summed E-state index contributed by atoms with van der Waals surface area (Å²) in [5.41, 5.74) is 2.22. The zero-order valence-electron chi connectivity index (χ0n) is 18.1. The number of rotatable bonds is 5. The summed E-state index contributed by atoms with van der Waals surface area (Å²) in [6.07, 6.45) is 8.36. The predicted octanol–water partition coefficient (Wildman–Crippen LogP) is 5.39. The molecule has 0 spiro atoms. The standard InChI is InChI=1S/C25H27N3O4/c1-16(29)28-15-20(19-10-6-7-11-23(19)28)24(30)27-22-14-17(25(31)32)12-13-21(22)26-18-8-4-2-3-5-9-18/h6-7,10-15,18,26H,2-5,8-9H2,1H3,(H,27,30)(H,31,32). The lowest BCUT2D eigenvalue weighted by Gasteiger charge is -2.21. The number of aromatic carboxylic acids is 1. The number of fused-ring (bicyclic) bond motifs is 1. The molecule has 166 valence electrons. The van der Waals surface area contributed by atoms with Crippen molar-refractivity contribution in [3.63, 3.8) is 0 Å². The van der Waals surface area contributed by atoms with Gasteiger partial charge in [0.1, 0.15) is 0 Å². The Morgan fingerprint density at radius 1 is 0.969 bits per heavy atom. The number of anilines is 2. The lowest BCUT2D eigenvalue weighted by Crippen LogP contribution is -2.21. The van der Waals surface area contributed by atoms with Gasteiger partial charge >= 0.3 is 5.97 Å². The molecule has 1 aliphatic rings. The van der Waals surface area contributed by atoms with Crippen LogP contribution >= 0.6 is 0 Å². The number of nitrogens with one attached hydrogen (secondary N) is 2. The van der Waals surface area contributed by atoms with Crippen LogP contribution in [0.2, 0.25) is 0 Å². The number of carboxylic acids is 1. The first-order valence-corrected chi connectivity index (χ1v) is 11.0. The first kappa shape index (κ1) is 21.6. The van der Waals surface area contributed by atoms with Crippen molar-refractivity contribution in [2.45, 2.75) is 51.5 Å². The summed E-state index contributed by atoms with van der Waals surface area (Å²) in [4.78, 5) is 36.8. The molecule has 0 bridgehead atoms.